The molecule has 1 amide bonds. The zero-order valence-electron chi connectivity index (χ0n) is 24.5. The molecule has 1 N–H and O–H groups in total. The van der Waals surface area contributed by atoms with E-state index in [2.05, 4.69) is 20.3 Å². The van der Waals surface area contributed by atoms with Gasteiger partial charge in [0.2, 0.25) is 0 Å². The Balaban J connectivity index is 0.000000211. The molecule has 1 atom stereocenters. The lowest BCUT2D eigenvalue weighted by Crippen LogP contribution is -2.35. The molecule has 0 fully saturated rings. The maximum absolute atomic E-state index is 13.2. The Morgan fingerprint density at radius 2 is 1.30 bits per heavy atom. The normalized spacial score (nSPS) is 11.1. The summed E-state index contributed by atoms with van der Waals surface area (Å²) in [4.78, 5) is 35.6. The van der Waals surface area contributed by atoms with Crippen LogP contribution < -0.4 is 24.4 Å². The molecule has 0 spiro atoms. The van der Waals surface area contributed by atoms with Crippen molar-refractivity contribution in [3.05, 3.63) is 95.8 Å². The largest absolute Gasteiger partial charge is 0.481 e. The first-order valence-electron chi connectivity index (χ1n) is 13.5. The van der Waals surface area contributed by atoms with E-state index in [0.717, 1.165) is 10.2 Å². The fraction of sp³-hybridized carbons (Fsp3) is 0.152. The smallest absolute Gasteiger partial charge is 0.308 e. The maximum atomic E-state index is 13.2. The monoisotopic (exact) mass is 697 g/mol. The van der Waals surface area contributed by atoms with Gasteiger partial charge in [-0.15, -0.1) is 0 Å². The molecule has 2 heterocycles. The van der Waals surface area contributed by atoms with Crippen molar-refractivity contribution in [2.24, 2.45) is 0 Å². The van der Waals surface area contributed by atoms with E-state index in [4.69, 9.17) is 30.5 Å². The molecular weight excluding hydrogens is 669 g/mol. The van der Waals surface area contributed by atoms with Crippen molar-refractivity contribution in [2.45, 2.75) is 27.4 Å². The van der Waals surface area contributed by atoms with Crippen molar-refractivity contribution >= 4 is 66.6 Å². The average Bonchev–Trinajstić information content (AvgIpc) is 3.61. The summed E-state index contributed by atoms with van der Waals surface area (Å²) >= 11 is 8.62. The quantitative estimate of drug-likeness (QED) is 0.0897. The van der Waals surface area contributed by atoms with Crippen LogP contribution in [0.5, 0.6) is 33.4 Å². The maximum Gasteiger partial charge on any atom is 0.308 e. The van der Waals surface area contributed by atoms with Gasteiger partial charge in [-0.25, -0.2) is 19.8 Å². The number of ether oxygens (including phenoxy) is 4. The molecule has 244 valence electrons. The minimum atomic E-state index is -0.703. The van der Waals surface area contributed by atoms with Crippen LogP contribution in [0.1, 0.15) is 21.3 Å². The molecule has 0 aliphatic heterocycles. The molecule has 4 aromatic carbocycles. The molecular formula is C33H29ClFN3O7S2. The highest BCUT2D eigenvalue weighted by Gasteiger charge is 2.14. The molecule has 10 nitrogen and oxygen atoms in total. The SMILES string of the molecule is C.CC(=O)Oc1ccc(Oc2nc3ccc(Cl)cc3s2)cc1.CONC(=O)[C@@H](C)Oc1ccc(Oc2nc3ccc(F)cc3s2)cc1. The Labute approximate surface area is 282 Å². The van der Waals surface area contributed by atoms with Gasteiger partial charge in [0.25, 0.3) is 16.3 Å². The van der Waals surface area contributed by atoms with Crippen LogP contribution in [0.15, 0.2) is 84.9 Å². The van der Waals surface area contributed by atoms with Crippen LogP contribution in [-0.2, 0) is 14.4 Å². The van der Waals surface area contributed by atoms with Crippen molar-refractivity contribution in [3.63, 3.8) is 0 Å². The highest BCUT2D eigenvalue weighted by atomic mass is 35.5. The number of amides is 1. The summed E-state index contributed by atoms with van der Waals surface area (Å²) < 4.78 is 36.7. The third-order valence-electron chi connectivity index (χ3n) is 5.87. The lowest BCUT2D eigenvalue weighted by Gasteiger charge is -2.13. The molecule has 14 heteroatoms. The summed E-state index contributed by atoms with van der Waals surface area (Å²) in [5.74, 6) is 1.12. The number of aromatic nitrogens is 2. The van der Waals surface area contributed by atoms with E-state index < -0.39 is 6.10 Å². The Bertz CT molecular complexity index is 1970. The highest BCUT2D eigenvalue weighted by Crippen LogP contribution is 2.34. The molecule has 47 heavy (non-hydrogen) atoms. The van der Waals surface area contributed by atoms with Gasteiger partial charge in [-0.2, -0.15) is 0 Å². The number of thiazole rings is 2. The number of fused-ring (bicyclic) bond motifs is 2. The Hall–Kier alpha value is -4.82. The fourth-order valence-corrected chi connectivity index (χ4v) is 5.78. The van der Waals surface area contributed by atoms with Crippen LogP contribution in [0.4, 0.5) is 4.39 Å². The van der Waals surface area contributed by atoms with Crippen LogP contribution in [0, 0.1) is 5.82 Å². The third-order valence-corrected chi connectivity index (χ3v) is 7.89. The Morgan fingerprint density at radius 3 is 1.85 bits per heavy atom. The first-order valence-corrected chi connectivity index (χ1v) is 15.5. The van der Waals surface area contributed by atoms with E-state index in [9.17, 15) is 14.0 Å². The van der Waals surface area contributed by atoms with Crippen LogP contribution >= 0.6 is 34.3 Å². The van der Waals surface area contributed by atoms with Crippen molar-refractivity contribution in [3.8, 4) is 33.4 Å². The van der Waals surface area contributed by atoms with Crippen molar-refractivity contribution in [1.29, 1.82) is 0 Å². The van der Waals surface area contributed by atoms with Crippen molar-refractivity contribution in [1.82, 2.24) is 15.4 Å². The second kappa shape index (κ2) is 16.1. The number of hydrogen-bond donors (Lipinski definition) is 1. The number of nitrogens with one attached hydrogen (secondary N) is 1. The lowest BCUT2D eigenvalue weighted by atomic mass is 10.3. The second-order valence-corrected chi connectivity index (χ2v) is 11.8. The number of carbonyl (C=O) groups is 2. The number of hydroxylamine groups is 1. The zero-order valence-corrected chi connectivity index (χ0v) is 26.9. The van der Waals surface area contributed by atoms with E-state index in [1.54, 1.807) is 67.6 Å². The molecule has 0 aliphatic carbocycles. The predicted octanol–water partition coefficient (Wildman–Crippen LogP) is 8.98. The molecule has 0 bridgehead atoms. The molecule has 0 unspecified atom stereocenters. The van der Waals surface area contributed by atoms with Gasteiger partial charge in [-0.1, -0.05) is 41.7 Å². The predicted molar refractivity (Wildman–Crippen MR) is 181 cm³/mol. The van der Waals surface area contributed by atoms with Crippen LogP contribution in [0.2, 0.25) is 5.02 Å². The topological polar surface area (TPSA) is 118 Å². The summed E-state index contributed by atoms with van der Waals surface area (Å²) in [5.41, 5.74) is 3.73. The number of esters is 1. The number of rotatable bonds is 9. The first kappa shape index (κ1) is 35.0. The van der Waals surface area contributed by atoms with Crippen LogP contribution in [0.25, 0.3) is 20.4 Å². The molecule has 6 rings (SSSR count). The molecule has 0 saturated carbocycles. The Kier molecular flexibility index (Phi) is 12.0. The summed E-state index contributed by atoms with van der Waals surface area (Å²) in [6.07, 6.45) is -0.703. The van der Waals surface area contributed by atoms with Gasteiger partial charge in [0.1, 0.15) is 28.8 Å². The number of benzene rings is 4. The summed E-state index contributed by atoms with van der Waals surface area (Å²) in [6, 6.07) is 23.4. The standard InChI is InChI=1S/C17H15FN2O4S.C15H10ClNO3S.CH4/c1-10(16(21)20-22-2)23-12-4-6-13(7-5-12)24-17-19-14-8-3-11(18)9-15(14)25-17;1-9(18)19-11-3-5-12(6-4-11)20-15-17-13-7-2-10(16)8-14(13)21-15;/h3-10H,1-2H3,(H,20,21);2-8H,1H3;1H4/t10-;;/m1../s1. The van der Waals surface area contributed by atoms with E-state index in [-0.39, 0.29) is 25.1 Å². The van der Waals surface area contributed by atoms with E-state index >= 15 is 0 Å². The lowest BCUT2D eigenvalue weighted by molar-refractivity contribution is -0.137. The zero-order chi connectivity index (χ0) is 32.6. The molecule has 0 aliphatic rings. The van der Waals surface area contributed by atoms with E-state index in [0.29, 0.717) is 48.6 Å². The first-order chi connectivity index (χ1) is 22.1. The summed E-state index contributed by atoms with van der Waals surface area (Å²) in [5, 5.41) is 1.62. The molecule has 0 saturated heterocycles. The van der Waals surface area contributed by atoms with Gasteiger partial charge in [0.05, 0.1) is 27.5 Å². The number of nitrogens with zero attached hydrogens (tertiary/aromatic N) is 2. The van der Waals surface area contributed by atoms with Crippen molar-refractivity contribution < 1.29 is 37.8 Å². The minimum absolute atomic E-state index is 0. The van der Waals surface area contributed by atoms with Crippen LogP contribution in [0.3, 0.4) is 0 Å². The van der Waals surface area contributed by atoms with Gasteiger partial charge in [0, 0.05) is 11.9 Å². The van der Waals surface area contributed by atoms with E-state index in [1.807, 2.05) is 12.1 Å². The van der Waals surface area contributed by atoms with Gasteiger partial charge >= 0.3 is 5.97 Å². The third kappa shape index (κ3) is 9.83. The van der Waals surface area contributed by atoms with Crippen molar-refractivity contribution in [2.75, 3.05) is 7.11 Å². The minimum Gasteiger partial charge on any atom is -0.481 e. The van der Waals surface area contributed by atoms with Gasteiger partial charge < -0.3 is 18.9 Å². The summed E-state index contributed by atoms with van der Waals surface area (Å²) in [7, 11) is 1.35. The highest BCUT2D eigenvalue weighted by molar-refractivity contribution is 7.20. The van der Waals surface area contributed by atoms with Gasteiger partial charge in [-0.3, -0.25) is 14.4 Å². The molecule has 2 aromatic heterocycles. The van der Waals surface area contributed by atoms with E-state index in [1.165, 1.54) is 48.8 Å². The average molecular weight is 698 g/mol. The molecule has 6 aromatic rings. The number of halogens is 2. The Morgan fingerprint density at radius 1 is 0.787 bits per heavy atom. The number of carbonyl (C=O) groups excluding carboxylic acids is 2. The summed E-state index contributed by atoms with van der Waals surface area (Å²) in [6.45, 7) is 2.97. The second-order valence-electron chi connectivity index (χ2n) is 9.35. The van der Waals surface area contributed by atoms with Crippen LogP contribution in [-0.4, -0.2) is 35.1 Å². The van der Waals surface area contributed by atoms with Gasteiger partial charge in [0.15, 0.2) is 6.10 Å². The fourth-order valence-electron chi connectivity index (χ4n) is 3.81. The molecule has 0 radical (unpaired) electrons. The number of hydrogen-bond acceptors (Lipinski definition) is 11. The van der Waals surface area contributed by atoms with Gasteiger partial charge in [-0.05, 0) is 91.9 Å².